The highest BCUT2D eigenvalue weighted by atomic mass is 35.5. The first kappa shape index (κ1) is 12.0. The van der Waals surface area contributed by atoms with Crippen LogP contribution in [0, 0.1) is 0 Å². The van der Waals surface area contributed by atoms with E-state index in [1.807, 2.05) is 24.8 Å². The molecule has 4 heteroatoms. The van der Waals surface area contributed by atoms with Crippen LogP contribution in [0.5, 0.6) is 0 Å². The smallest absolute Gasteiger partial charge is 0.193 e. The van der Waals surface area contributed by atoms with Crippen molar-refractivity contribution in [3.05, 3.63) is 23.1 Å². The van der Waals surface area contributed by atoms with Crippen LogP contribution in [0.15, 0.2) is 16.5 Å². The van der Waals surface area contributed by atoms with E-state index in [1.165, 1.54) is 0 Å². The third-order valence-electron chi connectivity index (χ3n) is 2.06. The summed E-state index contributed by atoms with van der Waals surface area (Å²) in [6.07, 6.45) is 1.08. The lowest BCUT2D eigenvalue weighted by atomic mass is 10.2. The molecule has 0 aliphatic heterocycles. The fourth-order valence-electron chi connectivity index (χ4n) is 1.26. The fraction of sp³-hybridized carbons (Fsp3) is 0.600. The SMILES string of the molecule is CCC(SCc1ccc(Cl)o1)C(C)N. The molecule has 1 rings (SSSR count). The van der Waals surface area contributed by atoms with E-state index >= 15 is 0 Å². The summed E-state index contributed by atoms with van der Waals surface area (Å²) in [6, 6.07) is 3.89. The summed E-state index contributed by atoms with van der Waals surface area (Å²) in [5, 5.41) is 0.938. The maximum absolute atomic E-state index is 5.84. The van der Waals surface area contributed by atoms with Gasteiger partial charge in [0.1, 0.15) is 5.76 Å². The third kappa shape index (κ3) is 3.56. The van der Waals surface area contributed by atoms with Crippen LogP contribution in [0.25, 0.3) is 0 Å². The van der Waals surface area contributed by atoms with Crippen molar-refractivity contribution in [2.75, 3.05) is 0 Å². The molecule has 1 aromatic heterocycles. The average Bonchev–Trinajstić information content (AvgIpc) is 2.52. The summed E-state index contributed by atoms with van der Waals surface area (Å²) in [4.78, 5) is 0. The summed E-state index contributed by atoms with van der Waals surface area (Å²) in [5.74, 6) is 1.76. The van der Waals surface area contributed by atoms with Gasteiger partial charge in [-0.3, -0.25) is 0 Å². The Morgan fingerprint density at radius 3 is 2.71 bits per heavy atom. The molecule has 80 valence electrons. The quantitative estimate of drug-likeness (QED) is 0.848. The minimum Gasteiger partial charge on any atom is -0.449 e. The Morgan fingerprint density at radius 1 is 1.57 bits per heavy atom. The number of hydrogen-bond acceptors (Lipinski definition) is 3. The largest absolute Gasteiger partial charge is 0.449 e. The van der Waals surface area contributed by atoms with E-state index in [-0.39, 0.29) is 6.04 Å². The lowest BCUT2D eigenvalue weighted by Crippen LogP contribution is -2.28. The second kappa shape index (κ2) is 5.69. The van der Waals surface area contributed by atoms with Crippen LogP contribution in [-0.2, 0) is 5.75 Å². The minimum absolute atomic E-state index is 0.218. The van der Waals surface area contributed by atoms with Crippen LogP contribution in [0.1, 0.15) is 26.0 Å². The van der Waals surface area contributed by atoms with Gasteiger partial charge in [-0.05, 0) is 37.1 Å². The number of furan rings is 1. The lowest BCUT2D eigenvalue weighted by Gasteiger charge is -2.17. The molecule has 0 fully saturated rings. The Labute approximate surface area is 94.2 Å². The summed E-state index contributed by atoms with van der Waals surface area (Å²) >= 11 is 7.49. The van der Waals surface area contributed by atoms with Crippen LogP contribution in [0.3, 0.4) is 0 Å². The molecule has 0 saturated carbocycles. The number of halogens is 1. The van der Waals surface area contributed by atoms with Gasteiger partial charge in [-0.2, -0.15) is 0 Å². The van der Waals surface area contributed by atoms with E-state index in [9.17, 15) is 0 Å². The molecule has 0 aromatic carbocycles. The van der Waals surface area contributed by atoms with E-state index in [0.717, 1.165) is 17.9 Å². The van der Waals surface area contributed by atoms with Gasteiger partial charge in [0.05, 0.1) is 5.75 Å². The van der Waals surface area contributed by atoms with Gasteiger partial charge in [0.25, 0.3) is 0 Å². The predicted octanol–water partition coefficient (Wildman–Crippen LogP) is 3.29. The minimum atomic E-state index is 0.218. The van der Waals surface area contributed by atoms with Crippen LogP contribution in [0.4, 0.5) is 0 Å². The standard InChI is InChI=1S/C10H16ClNOS/c1-3-9(7(2)12)14-6-8-4-5-10(11)13-8/h4-5,7,9H,3,6,12H2,1-2H3. The molecule has 2 unspecified atom stereocenters. The van der Waals surface area contributed by atoms with Crippen molar-refractivity contribution in [1.29, 1.82) is 0 Å². The molecule has 0 spiro atoms. The highest BCUT2D eigenvalue weighted by Gasteiger charge is 2.12. The van der Waals surface area contributed by atoms with Crippen molar-refractivity contribution < 1.29 is 4.42 Å². The normalized spacial score (nSPS) is 15.4. The Kier molecular flexibility index (Phi) is 4.85. The van der Waals surface area contributed by atoms with Gasteiger partial charge in [-0.25, -0.2) is 0 Å². The molecule has 2 N–H and O–H groups in total. The van der Waals surface area contributed by atoms with Crippen LogP contribution >= 0.6 is 23.4 Å². The first-order valence-electron chi connectivity index (χ1n) is 4.75. The van der Waals surface area contributed by atoms with E-state index in [2.05, 4.69) is 6.92 Å². The first-order chi connectivity index (χ1) is 6.63. The van der Waals surface area contributed by atoms with Crippen LogP contribution in [-0.4, -0.2) is 11.3 Å². The monoisotopic (exact) mass is 233 g/mol. The van der Waals surface area contributed by atoms with Crippen molar-refractivity contribution in [1.82, 2.24) is 0 Å². The molecule has 0 radical (unpaired) electrons. The van der Waals surface area contributed by atoms with Gasteiger partial charge in [-0.15, -0.1) is 11.8 Å². The van der Waals surface area contributed by atoms with Gasteiger partial charge in [0, 0.05) is 11.3 Å². The zero-order chi connectivity index (χ0) is 10.6. The number of thioether (sulfide) groups is 1. The van der Waals surface area contributed by atoms with Crippen molar-refractivity contribution in [2.45, 2.75) is 37.3 Å². The maximum atomic E-state index is 5.84. The molecule has 14 heavy (non-hydrogen) atoms. The number of hydrogen-bond donors (Lipinski definition) is 1. The molecule has 0 saturated heterocycles. The molecule has 2 atom stereocenters. The molecule has 0 amide bonds. The highest BCUT2D eigenvalue weighted by Crippen LogP contribution is 2.24. The maximum Gasteiger partial charge on any atom is 0.193 e. The average molecular weight is 234 g/mol. The number of nitrogens with two attached hydrogens (primary N) is 1. The second-order valence-corrected chi connectivity index (χ2v) is 4.92. The summed E-state index contributed by atoms with van der Waals surface area (Å²) in [7, 11) is 0. The lowest BCUT2D eigenvalue weighted by molar-refractivity contribution is 0.531. The Balaban J connectivity index is 2.39. The molecule has 1 heterocycles. The highest BCUT2D eigenvalue weighted by molar-refractivity contribution is 7.99. The molecule has 0 aliphatic rings. The van der Waals surface area contributed by atoms with E-state index in [4.69, 9.17) is 21.8 Å². The molecule has 1 aromatic rings. The van der Waals surface area contributed by atoms with Gasteiger partial charge >= 0.3 is 0 Å². The van der Waals surface area contributed by atoms with Crippen molar-refractivity contribution in [3.8, 4) is 0 Å². The van der Waals surface area contributed by atoms with Gasteiger partial charge in [-0.1, -0.05) is 6.92 Å². The molecular weight excluding hydrogens is 218 g/mol. The van der Waals surface area contributed by atoms with Crippen molar-refractivity contribution in [2.24, 2.45) is 5.73 Å². The Hall–Kier alpha value is -0.120. The van der Waals surface area contributed by atoms with Crippen LogP contribution < -0.4 is 5.73 Å². The zero-order valence-electron chi connectivity index (χ0n) is 8.50. The van der Waals surface area contributed by atoms with E-state index < -0.39 is 0 Å². The van der Waals surface area contributed by atoms with Gasteiger partial charge < -0.3 is 10.2 Å². The van der Waals surface area contributed by atoms with Gasteiger partial charge in [0.15, 0.2) is 5.22 Å². The zero-order valence-corrected chi connectivity index (χ0v) is 10.1. The van der Waals surface area contributed by atoms with Gasteiger partial charge in [0.2, 0.25) is 0 Å². The Morgan fingerprint density at radius 2 is 2.29 bits per heavy atom. The fourth-order valence-corrected chi connectivity index (χ4v) is 2.49. The van der Waals surface area contributed by atoms with Crippen LogP contribution in [0.2, 0.25) is 5.22 Å². The van der Waals surface area contributed by atoms with Crippen molar-refractivity contribution in [3.63, 3.8) is 0 Å². The molecule has 0 bridgehead atoms. The topological polar surface area (TPSA) is 39.2 Å². The first-order valence-corrected chi connectivity index (χ1v) is 6.17. The third-order valence-corrected chi connectivity index (χ3v) is 3.90. The van der Waals surface area contributed by atoms with E-state index in [0.29, 0.717) is 10.5 Å². The number of rotatable bonds is 5. The Bertz CT molecular complexity index is 275. The van der Waals surface area contributed by atoms with E-state index in [1.54, 1.807) is 6.07 Å². The molecule has 0 aliphatic carbocycles. The van der Waals surface area contributed by atoms with Crippen molar-refractivity contribution >= 4 is 23.4 Å². The molecule has 2 nitrogen and oxygen atoms in total. The second-order valence-electron chi connectivity index (χ2n) is 3.32. The summed E-state index contributed by atoms with van der Waals surface area (Å²) < 4.78 is 5.26. The predicted molar refractivity (Wildman–Crippen MR) is 62.7 cm³/mol. The summed E-state index contributed by atoms with van der Waals surface area (Å²) in [6.45, 7) is 4.19. The molecular formula is C10H16ClNOS. The summed E-state index contributed by atoms with van der Waals surface area (Å²) in [5.41, 5.74) is 5.84.